The molecule has 0 aliphatic carbocycles. The molecule has 0 N–H and O–H groups in total. The molecule has 0 aliphatic heterocycles. The summed E-state index contributed by atoms with van der Waals surface area (Å²) in [6.45, 7) is 0. The highest BCUT2D eigenvalue weighted by molar-refractivity contribution is 7.21. The smallest absolute Gasteiger partial charge is 0.240 e. The van der Waals surface area contributed by atoms with Gasteiger partial charge >= 0.3 is 74.1 Å². The fourth-order valence-electron chi connectivity index (χ4n) is 11.5. The first-order valence-electron chi connectivity index (χ1n) is 29.4. The summed E-state index contributed by atoms with van der Waals surface area (Å²) in [5.41, 5.74) is -51.4. The Balaban J connectivity index is 1.32. The van der Waals surface area contributed by atoms with Gasteiger partial charge in [0.25, 0.3) is 0 Å². The quantitative estimate of drug-likeness (QED) is 0.122. The SMILES string of the molecule is FC(F)(F)c1cc(-c2sc(-c3cc(C(F)(F)F)cc(C(F)(F)F)c3)c3nc4c(nc23)c2nc3c(-c5cc(C(F)(F)F)cc(C(F)(F)F)c5)sc(-c5cc(C(F)(F)F)cc(C(F)(F)F)c5)c3nc2c2nc3c(-c5cc(C(F)(F)F)cc(C(F)(F)F)c5)sc(-c5cc(C(F)(F)F)cc(C(F)(F)F)c5)c3nc42)cc(C(F)(F)F)c1. The van der Waals surface area contributed by atoms with Gasteiger partial charge in [0.15, 0.2) is 0 Å². The molecule has 7 aromatic carbocycles. The molecule has 0 bridgehead atoms. The third kappa shape index (κ3) is 14.9. The fraction of sp³-hybridized carbons (Fsp3) is 0.182. The molecule has 6 nitrogen and oxygen atoms in total. The van der Waals surface area contributed by atoms with Gasteiger partial charge in [-0.2, -0.15) is 158 Å². The topological polar surface area (TPSA) is 77.3 Å². The van der Waals surface area contributed by atoms with Gasteiger partial charge in [0, 0.05) is 0 Å². The Morgan fingerprint density at radius 1 is 0.135 bits per heavy atom. The van der Waals surface area contributed by atoms with Crippen LogP contribution >= 0.6 is 34.0 Å². The van der Waals surface area contributed by atoms with Crippen LogP contribution in [0, 0.1) is 0 Å². The van der Waals surface area contributed by atoms with Crippen molar-refractivity contribution in [2.45, 2.75) is 74.1 Å². The molecule has 0 radical (unpaired) electrons. The highest BCUT2D eigenvalue weighted by Crippen LogP contribution is 2.55. The van der Waals surface area contributed by atoms with Crippen molar-refractivity contribution in [3.05, 3.63) is 176 Å². The van der Waals surface area contributed by atoms with Crippen molar-refractivity contribution in [2.24, 2.45) is 0 Å². The van der Waals surface area contributed by atoms with Gasteiger partial charge in [-0.1, -0.05) is 0 Å². The lowest BCUT2D eigenvalue weighted by Crippen LogP contribution is -2.11. The number of benzene rings is 7. The van der Waals surface area contributed by atoms with Crippen LogP contribution in [0.2, 0.25) is 0 Å². The van der Waals surface area contributed by atoms with Crippen molar-refractivity contribution in [3.8, 4) is 62.6 Å². The van der Waals surface area contributed by atoms with Gasteiger partial charge in [0.05, 0.1) is 96.0 Å². The molecule has 582 valence electrons. The Bertz CT molecular complexity index is 4870. The van der Waals surface area contributed by atoms with Gasteiger partial charge in [-0.15, -0.1) is 34.0 Å². The van der Waals surface area contributed by atoms with Crippen LogP contribution in [0.4, 0.5) is 158 Å². The lowest BCUT2D eigenvalue weighted by molar-refractivity contribution is -0.144. The van der Waals surface area contributed by atoms with E-state index in [1.165, 1.54) is 0 Å². The number of rotatable bonds is 6. The van der Waals surface area contributed by atoms with Crippen LogP contribution in [0.5, 0.6) is 0 Å². The molecule has 6 heterocycles. The second-order valence-electron chi connectivity index (χ2n) is 23.9. The van der Waals surface area contributed by atoms with Crippen LogP contribution in [0.1, 0.15) is 66.8 Å². The van der Waals surface area contributed by atoms with Gasteiger partial charge in [0.1, 0.15) is 66.2 Å². The Morgan fingerprint density at radius 2 is 0.225 bits per heavy atom. The standard InChI is InChI=1S/C66H18F36N6S3/c67-55(68,69)25-1-19(2-26(13-25)56(70,71)72)49-43-44(50(109-49)20-3-27(57(73,74)75)14-28(4-20)58(76,77)78)104-38-37(103-43)39-41(107-46-45(105-39)51(21-5-29(59(79,80)81)15-30(6-21)60(82,83)84)110-52(46)22-7-31(61(85,86)87)16-32(8-22)62(88,89)90)42-40(38)106-47-48(108-42)54(24-11-35(65(97,98)99)18-36(12-24)66(100,101)102)111-53(47)23-9-33(63(91,92)93)17-34(10-23)64(94,95)96/h1-18H. The molecular formula is C66H18F36N6S3. The summed E-state index contributed by atoms with van der Waals surface area (Å²) in [7, 11) is 0. The Morgan fingerprint density at radius 3 is 0.306 bits per heavy atom. The van der Waals surface area contributed by atoms with Crippen molar-refractivity contribution in [2.75, 3.05) is 0 Å². The van der Waals surface area contributed by atoms with E-state index in [1.54, 1.807) is 0 Å². The van der Waals surface area contributed by atoms with E-state index in [9.17, 15) is 158 Å². The number of hydrogen-bond donors (Lipinski definition) is 0. The lowest BCUT2D eigenvalue weighted by Gasteiger charge is -2.14. The zero-order chi connectivity index (χ0) is 81.9. The Labute approximate surface area is 598 Å². The summed E-state index contributed by atoms with van der Waals surface area (Å²) in [5.74, 6) is 0. The van der Waals surface area contributed by atoms with Gasteiger partial charge in [0.2, 0.25) is 0 Å². The number of aromatic nitrogens is 6. The molecule has 0 fully saturated rings. The summed E-state index contributed by atoms with van der Waals surface area (Å²) in [6, 6.07) is -4.54. The van der Waals surface area contributed by atoms with Crippen LogP contribution in [0.3, 0.4) is 0 Å². The van der Waals surface area contributed by atoms with Gasteiger partial charge in [-0.3, -0.25) is 0 Å². The molecule has 6 aromatic heterocycles. The van der Waals surface area contributed by atoms with E-state index in [2.05, 4.69) is 29.9 Å². The number of hydrogen-bond acceptors (Lipinski definition) is 9. The van der Waals surface area contributed by atoms with Crippen molar-refractivity contribution in [1.82, 2.24) is 29.9 Å². The van der Waals surface area contributed by atoms with Gasteiger partial charge in [-0.25, -0.2) is 29.9 Å². The molecule has 0 unspecified atom stereocenters. The molecule has 13 rings (SSSR count). The average Bonchev–Trinajstić information content (AvgIpc) is 1.60. The third-order valence-corrected chi connectivity index (χ3v) is 20.2. The zero-order valence-corrected chi connectivity index (χ0v) is 54.4. The number of thiophene rings is 3. The maximum absolute atomic E-state index is 14.8. The summed E-state index contributed by atoms with van der Waals surface area (Å²) in [5, 5.41) is 0. The highest BCUT2D eigenvalue weighted by atomic mass is 32.1. The number of nitrogens with zero attached hydrogens (tertiary/aromatic N) is 6. The molecule has 0 saturated heterocycles. The maximum atomic E-state index is 14.8. The normalized spacial score (nSPS) is 13.9. The lowest BCUT2D eigenvalue weighted by atomic mass is 10.0. The van der Waals surface area contributed by atoms with Crippen LogP contribution in [-0.4, -0.2) is 29.9 Å². The van der Waals surface area contributed by atoms with E-state index < -0.39 is 306 Å². The summed E-state index contributed by atoms with van der Waals surface area (Å²) in [4.78, 5) is 18.2. The first-order chi connectivity index (χ1) is 50.5. The molecule has 0 amide bonds. The minimum absolute atomic E-state index is 0.120. The van der Waals surface area contributed by atoms with E-state index >= 15 is 0 Å². The van der Waals surface area contributed by atoms with Gasteiger partial charge in [-0.05, 0) is 143 Å². The Kier molecular flexibility index (Phi) is 17.9. The molecular weight excluding hydrogens is 1660 g/mol. The zero-order valence-electron chi connectivity index (χ0n) is 51.9. The molecule has 0 spiro atoms. The fourth-order valence-corrected chi connectivity index (χ4v) is 15.0. The summed E-state index contributed by atoms with van der Waals surface area (Å²) < 4.78 is 531. The van der Waals surface area contributed by atoms with Crippen molar-refractivity contribution >= 4 is 100 Å². The van der Waals surface area contributed by atoms with Crippen molar-refractivity contribution < 1.29 is 158 Å². The highest BCUT2D eigenvalue weighted by Gasteiger charge is 2.46. The monoisotopic (exact) mass is 1670 g/mol. The predicted molar refractivity (Wildman–Crippen MR) is 325 cm³/mol. The molecule has 45 heteroatoms. The summed E-state index contributed by atoms with van der Waals surface area (Å²) >= 11 is -1.03. The van der Waals surface area contributed by atoms with E-state index in [0.717, 1.165) is 0 Å². The third-order valence-electron chi connectivity index (χ3n) is 16.4. The maximum Gasteiger partial charge on any atom is 0.416 e. The summed E-state index contributed by atoms with van der Waals surface area (Å²) in [6.07, 6.45) is -70.2. The van der Waals surface area contributed by atoms with Crippen LogP contribution in [0.15, 0.2) is 109 Å². The van der Waals surface area contributed by atoms with Crippen LogP contribution in [0.25, 0.3) is 129 Å². The molecule has 111 heavy (non-hydrogen) atoms. The first-order valence-corrected chi connectivity index (χ1v) is 31.8. The van der Waals surface area contributed by atoms with E-state index in [1.807, 2.05) is 0 Å². The largest absolute Gasteiger partial charge is 0.416 e. The first kappa shape index (κ1) is 79.0. The Hall–Kier alpha value is -10.1. The van der Waals surface area contributed by atoms with E-state index in [4.69, 9.17) is 0 Å². The van der Waals surface area contributed by atoms with Crippen molar-refractivity contribution in [1.29, 1.82) is 0 Å². The van der Waals surface area contributed by atoms with Crippen LogP contribution in [-0.2, 0) is 74.1 Å². The molecule has 13 aromatic rings. The molecule has 0 atom stereocenters. The predicted octanol–water partition coefficient (Wildman–Crippen LogP) is 27.4. The van der Waals surface area contributed by atoms with E-state index in [-0.39, 0.29) is 107 Å². The van der Waals surface area contributed by atoms with E-state index in [0.29, 0.717) is 0 Å². The second-order valence-corrected chi connectivity index (χ2v) is 27.0. The van der Waals surface area contributed by atoms with Crippen LogP contribution < -0.4 is 0 Å². The number of halogens is 36. The van der Waals surface area contributed by atoms with Gasteiger partial charge < -0.3 is 0 Å². The minimum atomic E-state index is -5.85. The number of alkyl halides is 36. The molecule has 0 saturated carbocycles. The van der Waals surface area contributed by atoms with Crippen molar-refractivity contribution in [3.63, 3.8) is 0 Å². The average molecular weight is 1680 g/mol. The minimum Gasteiger partial charge on any atom is -0.240 e. The molecule has 0 aliphatic rings. The number of fused-ring (bicyclic) bond motifs is 9. The second kappa shape index (κ2) is 25.2.